The van der Waals surface area contributed by atoms with E-state index in [2.05, 4.69) is 43.9 Å². The first-order chi connectivity index (χ1) is 13.4. The van der Waals surface area contributed by atoms with Crippen molar-refractivity contribution in [3.05, 3.63) is 89.8 Å². The molecule has 2 heterocycles. The molecule has 0 saturated heterocycles. The van der Waals surface area contributed by atoms with Crippen LogP contribution in [0.25, 0.3) is 16.7 Å². The molecule has 2 nitrogen and oxygen atoms in total. The Kier molecular flexibility index (Phi) is 3.63. The minimum absolute atomic E-state index is 0.0555. The summed E-state index contributed by atoms with van der Waals surface area (Å²) >= 11 is 0. The Labute approximate surface area is 164 Å². The third-order valence-corrected chi connectivity index (χ3v) is 5.56. The smallest absolute Gasteiger partial charge is 0.150 e. The van der Waals surface area contributed by atoms with Crippen molar-refractivity contribution in [1.82, 2.24) is 0 Å². The molecule has 3 aromatic carbocycles. The molecule has 3 aromatic rings. The highest BCUT2D eigenvalue weighted by molar-refractivity contribution is 5.89. The molecular formula is C25H22FNO. The summed E-state index contributed by atoms with van der Waals surface area (Å²) in [4.78, 5) is 0. The maximum atomic E-state index is 14.0. The molecule has 0 bridgehead atoms. The molecule has 1 atom stereocenters. The van der Waals surface area contributed by atoms with E-state index in [1.807, 2.05) is 24.3 Å². The third-order valence-electron chi connectivity index (χ3n) is 5.56. The second-order valence-electron chi connectivity index (χ2n) is 8.29. The van der Waals surface area contributed by atoms with Crippen molar-refractivity contribution in [2.75, 3.05) is 5.32 Å². The van der Waals surface area contributed by atoms with Crippen molar-refractivity contribution >= 4 is 11.3 Å². The number of hydrogen-bond donors (Lipinski definition) is 1. The van der Waals surface area contributed by atoms with Crippen LogP contribution in [0.3, 0.4) is 0 Å². The molecule has 0 aliphatic carbocycles. The van der Waals surface area contributed by atoms with Crippen molar-refractivity contribution in [1.29, 1.82) is 0 Å². The monoisotopic (exact) mass is 371 g/mol. The Morgan fingerprint density at radius 2 is 1.86 bits per heavy atom. The summed E-state index contributed by atoms with van der Waals surface area (Å²) in [5, 5.41) is 3.63. The average Bonchev–Trinajstić information content (AvgIpc) is 2.65. The zero-order chi connectivity index (χ0) is 19.5. The van der Waals surface area contributed by atoms with Crippen molar-refractivity contribution in [3.8, 4) is 16.9 Å². The molecule has 0 aromatic heterocycles. The van der Waals surface area contributed by atoms with Crippen molar-refractivity contribution in [2.24, 2.45) is 0 Å². The number of halogens is 1. The molecule has 0 fully saturated rings. The van der Waals surface area contributed by atoms with Gasteiger partial charge in [-0.05, 0) is 61.2 Å². The van der Waals surface area contributed by atoms with Crippen molar-refractivity contribution in [3.63, 3.8) is 0 Å². The van der Waals surface area contributed by atoms with Crippen molar-refractivity contribution in [2.45, 2.75) is 31.9 Å². The van der Waals surface area contributed by atoms with E-state index in [0.29, 0.717) is 0 Å². The second kappa shape index (κ2) is 5.96. The van der Waals surface area contributed by atoms with Crippen LogP contribution in [-0.2, 0) is 0 Å². The van der Waals surface area contributed by atoms with Crippen LogP contribution in [0.5, 0.6) is 5.75 Å². The van der Waals surface area contributed by atoms with Gasteiger partial charge in [0.2, 0.25) is 0 Å². The number of para-hydroxylation sites is 1. The van der Waals surface area contributed by atoms with E-state index in [-0.39, 0.29) is 17.5 Å². The van der Waals surface area contributed by atoms with E-state index >= 15 is 0 Å². The molecule has 0 amide bonds. The molecule has 1 unspecified atom stereocenters. The highest BCUT2D eigenvalue weighted by Gasteiger charge is 2.36. The number of anilines is 1. The Hall–Kier alpha value is -3.07. The lowest BCUT2D eigenvalue weighted by Gasteiger charge is -2.39. The fourth-order valence-electron chi connectivity index (χ4n) is 4.52. The highest BCUT2D eigenvalue weighted by atomic mass is 19.1. The maximum Gasteiger partial charge on any atom is 0.150 e. The van der Waals surface area contributed by atoms with Gasteiger partial charge in [0.15, 0.2) is 6.10 Å². The van der Waals surface area contributed by atoms with Crippen LogP contribution >= 0.6 is 0 Å². The number of nitrogens with one attached hydrogen (secondary N) is 1. The van der Waals surface area contributed by atoms with E-state index in [1.54, 1.807) is 12.1 Å². The van der Waals surface area contributed by atoms with Gasteiger partial charge in [-0.1, -0.05) is 43.0 Å². The highest BCUT2D eigenvalue weighted by Crippen LogP contribution is 2.51. The predicted molar refractivity (Wildman–Crippen MR) is 112 cm³/mol. The Morgan fingerprint density at radius 3 is 2.68 bits per heavy atom. The molecule has 28 heavy (non-hydrogen) atoms. The van der Waals surface area contributed by atoms with Crippen LogP contribution in [0.1, 0.15) is 43.1 Å². The summed E-state index contributed by atoms with van der Waals surface area (Å²) in [6.07, 6.45) is 0.462. The van der Waals surface area contributed by atoms with E-state index in [9.17, 15) is 4.39 Å². The molecule has 1 N–H and O–H groups in total. The summed E-state index contributed by atoms with van der Waals surface area (Å²) < 4.78 is 20.5. The van der Waals surface area contributed by atoms with E-state index in [1.165, 1.54) is 6.07 Å². The zero-order valence-electron chi connectivity index (χ0n) is 16.1. The van der Waals surface area contributed by atoms with Gasteiger partial charge in [-0.15, -0.1) is 0 Å². The largest absolute Gasteiger partial charge is 0.480 e. The quantitative estimate of drug-likeness (QED) is 0.521. The van der Waals surface area contributed by atoms with Crippen LogP contribution in [-0.4, -0.2) is 5.54 Å². The standard InChI is InChI=1S/C25H22FNO/c1-15-14-25(2,3)27-20-12-11-19-18-9-4-5-10-21(18)28-24(23(19)22(15)20)16-7-6-8-17(26)13-16/h4-13,24,27H,1,14H2,2-3H3. The predicted octanol–water partition coefficient (Wildman–Crippen LogP) is 6.58. The minimum atomic E-state index is -0.379. The Balaban J connectivity index is 1.80. The number of ether oxygens (including phenoxy) is 1. The molecule has 5 rings (SSSR count). The van der Waals surface area contributed by atoms with Gasteiger partial charge in [-0.3, -0.25) is 0 Å². The normalized spacial score (nSPS) is 19.0. The lowest BCUT2D eigenvalue weighted by molar-refractivity contribution is 0.242. The number of fused-ring (bicyclic) bond motifs is 5. The third kappa shape index (κ3) is 2.62. The zero-order valence-corrected chi connectivity index (χ0v) is 16.1. The summed E-state index contributed by atoms with van der Waals surface area (Å²) in [6.45, 7) is 8.75. The summed E-state index contributed by atoms with van der Waals surface area (Å²) in [5.41, 5.74) is 7.24. The van der Waals surface area contributed by atoms with Gasteiger partial charge in [0.25, 0.3) is 0 Å². The van der Waals surface area contributed by atoms with Crippen LogP contribution in [0.4, 0.5) is 10.1 Å². The SMILES string of the molecule is C=C1CC(C)(C)Nc2ccc3c(c21)C(c1cccc(F)c1)Oc1ccccc1-3. The van der Waals surface area contributed by atoms with Crippen LogP contribution in [0.2, 0.25) is 0 Å². The summed E-state index contributed by atoms with van der Waals surface area (Å²) in [5.74, 6) is 0.559. The van der Waals surface area contributed by atoms with Gasteiger partial charge in [-0.25, -0.2) is 4.39 Å². The van der Waals surface area contributed by atoms with Gasteiger partial charge < -0.3 is 10.1 Å². The average molecular weight is 371 g/mol. The Bertz CT molecular complexity index is 1120. The Morgan fingerprint density at radius 1 is 1.04 bits per heavy atom. The first-order valence-corrected chi connectivity index (χ1v) is 9.58. The van der Waals surface area contributed by atoms with Gasteiger partial charge in [0.1, 0.15) is 11.6 Å². The molecular weight excluding hydrogens is 349 g/mol. The summed E-state index contributed by atoms with van der Waals surface area (Å²) in [6, 6.07) is 19.0. The molecule has 0 radical (unpaired) electrons. The van der Waals surface area contributed by atoms with Crippen LogP contribution in [0, 0.1) is 5.82 Å². The number of benzene rings is 3. The van der Waals surface area contributed by atoms with Gasteiger partial charge in [-0.2, -0.15) is 0 Å². The molecule has 0 saturated carbocycles. The van der Waals surface area contributed by atoms with Crippen molar-refractivity contribution < 1.29 is 9.13 Å². The lowest BCUT2D eigenvalue weighted by atomic mass is 9.78. The fraction of sp³-hybridized carbons (Fsp3) is 0.200. The molecule has 2 aliphatic heterocycles. The second-order valence-corrected chi connectivity index (χ2v) is 8.29. The number of rotatable bonds is 1. The topological polar surface area (TPSA) is 21.3 Å². The van der Waals surface area contributed by atoms with E-state index in [4.69, 9.17) is 4.74 Å². The maximum absolute atomic E-state index is 14.0. The molecule has 140 valence electrons. The molecule has 3 heteroatoms. The lowest BCUT2D eigenvalue weighted by Crippen LogP contribution is -2.35. The first kappa shape index (κ1) is 17.1. The van der Waals surface area contributed by atoms with Gasteiger partial charge in [0.05, 0.1) is 0 Å². The number of hydrogen-bond acceptors (Lipinski definition) is 2. The summed E-state index contributed by atoms with van der Waals surface area (Å²) in [7, 11) is 0. The molecule has 0 spiro atoms. The molecule has 2 aliphatic rings. The minimum Gasteiger partial charge on any atom is -0.480 e. The van der Waals surface area contributed by atoms with Gasteiger partial charge >= 0.3 is 0 Å². The van der Waals surface area contributed by atoms with Gasteiger partial charge in [0, 0.05) is 27.9 Å². The van der Waals surface area contributed by atoms with E-state index < -0.39 is 0 Å². The van der Waals surface area contributed by atoms with E-state index in [0.717, 1.165) is 51.2 Å². The fourth-order valence-corrected chi connectivity index (χ4v) is 4.52. The van der Waals surface area contributed by atoms with Crippen LogP contribution in [0.15, 0.2) is 67.2 Å². The van der Waals surface area contributed by atoms with Crippen LogP contribution < -0.4 is 10.1 Å². The first-order valence-electron chi connectivity index (χ1n) is 9.58.